The Bertz CT molecular complexity index is 966. The molecule has 1 unspecified atom stereocenters. The summed E-state index contributed by atoms with van der Waals surface area (Å²) in [6.07, 6.45) is 1.38. The number of ketones is 1. The fourth-order valence-corrected chi connectivity index (χ4v) is 3.60. The third-order valence-electron chi connectivity index (χ3n) is 5.08. The van der Waals surface area contributed by atoms with Crippen molar-refractivity contribution in [2.24, 2.45) is 0 Å². The van der Waals surface area contributed by atoms with E-state index in [1.54, 1.807) is 43.5 Å². The van der Waals surface area contributed by atoms with Crippen LogP contribution in [0.25, 0.3) is 5.76 Å². The summed E-state index contributed by atoms with van der Waals surface area (Å²) in [7, 11) is 1.57. The lowest BCUT2D eigenvalue weighted by Crippen LogP contribution is -2.31. The van der Waals surface area contributed by atoms with Crippen LogP contribution in [0.2, 0.25) is 0 Å². The lowest BCUT2D eigenvalue weighted by Gasteiger charge is -2.25. The van der Waals surface area contributed by atoms with Crippen LogP contribution < -0.4 is 4.74 Å². The lowest BCUT2D eigenvalue weighted by molar-refractivity contribution is -0.140. The molecule has 31 heavy (non-hydrogen) atoms. The number of methoxy groups -OCH3 is 1. The number of aromatic hydroxyl groups is 1. The zero-order chi connectivity index (χ0) is 22.4. The Labute approximate surface area is 181 Å². The van der Waals surface area contributed by atoms with Gasteiger partial charge in [0, 0.05) is 25.8 Å². The summed E-state index contributed by atoms with van der Waals surface area (Å²) in [4.78, 5) is 27.2. The summed E-state index contributed by atoms with van der Waals surface area (Å²) in [6.45, 7) is 3.25. The van der Waals surface area contributed by atoms with Crippen LogP contribution in [0.5, 0.6) is 11.5 Å². The van der Waals surface area contributed by atoms with Crippen molar-refractivity contribution in [1.82, 2.24) is 4.90 Å². The van der Waals surface area contributed by atoms with Gasteiger partial charge in [0.2, 0.25) is 0 Å². The average molecular weight is 425 g/mol. The topological polar surface area (TPSA) is 96.3 Å². The van der Waals surface area contributed by atoms with Crippen molar-refractivity contribution in [2.45, 2.75) is 25.8 Å². The number of hydrogen-bond acceptors (Lipinski definition) is 6. The molecule has 1 aliphatic rings. The van der Waals surface area contributed by atoms with Gasteiger partial charge in [-0.15, -0.1) is 0 Å². The summed E-state index contributed by atoms with van der Waals surface area (Å²) in [5.74, 6) is -1.03. The number of aliphatic hydroxyl groups is 1. The van der Waals surface area contributed by atoms with Crippen molar-refractivity contribution in [1.29, 1.82) is 0 Å². The second kappa shape index (κ2) is 10.1. The number of amides is 1. The Balaban J connectivity index is 2.07. The lowest BCUT2D eigenvalue weighted by atomic mass is 9.95. The van der Waals surface area contributed by atoms with Crippen LogP contribution in [0.4, 0.5) is 0 Å². The highest BCUT2D eigenvalue weighted by molar-refractivity contribution is 6.46. The second-order valence-corrected chi connectivity index (χ2v) is 7.31. The molecule has 2 aromatic carbocycles. The number of carbonyl (C=O) groups excluding carboxylic acids is 2. The quantitative estimate of drug-likeness (QED) is 0.276. The summed E-state index contributed by atoms with van der Waals surface area (Å²) >= 11 is 0. The highest BCUT2D eigenvalue weighted by Gasteiger charge is 2.45. The molecule has 0 radical (unpaired) electrons. The predicted octanol–water partition coefficient (Wildman–Crippen LogP) is 3.64. The summed E-state index contributed by atoms with van der Waals surface area (Å²) in [5, 5.41) is 20.7. The monoisotopic (exact) mass is 425 g/mol. The molecule has 3 rings (SSSR count). The minimum atomic E-state index is -0.766. The molecule has 1 saturated heterocycles. The van der Waals surface area contributed by atoms with E-state index in [4.69, 9.17) is 9.47 Å². The maximum absolute atomic E-state index is 12.9. The molecule has 0 aromatic heterocycles. The largest absolute Gasteiger partial charge is 0.508 e. The molecule has 1 heterocycles. The van der Waals surface area contributed by atoms with Crippen LogP contribution in [0, 0.1) is 0 Å². The fraction of sp³-hybridized carbons (Fsp3) is 0.333. The minimum absolute atomic E-state index is 0.0146. The van der Waals surface area contributed by atoms with Gasteiger partial charge in [-0.2, -0.15) is 0 Å². The first-order valence-corrected chi connectivity index (χ1v) is 10.3. The van der Waals surface area contributed by atoms with Crippen LogP contribution in [0.15, 0.2) is 54.1 Å². The fourth-order valence-electron chi connectivity index (χ4n) is 3.60. The molecule has 1 aliphatic heterocycles. The summed E-state index contributed by atoms with van der Waals surface area (Å²) in [6, 6.07) is 12.3. The molecule has 2 N–H and O–H groups in total. The van der Waals surface area contributed by atoms with Crippen LogP contribution in [0.3, 0.4) is 0 Å². The average Bonchev–Trinajstić information content (AvgIpc) is 3.03. The van der Waals surface area contributed by atoms with Crippen molar-refractivity contribution in [3.05, 3.63) is 65.2 Å². The van der Waals surface area contributed by atoms with Crippen molar-refractivity contribution in [3.63, 3.8) is 0 Å². The second-order valence-electron chi connectivity index (χ2n) is 7.31. The maximum Gasteiger partial charge on any atom is 0.295 e. The van der Waals surface area contributed by atoms with Crippen LogP contribution >= 0.6 is 0 Å². The molecule has 1 fully saturated rings. The van der Waals surface area contributed by atoms with Crippen LogP contribution in [-0.4, -0.2) is 53.7 Å². The Morgan fingerprint density at radius 1 is 1.10 bits per heavy atom. The van der Waals surface area contributed by atoms with Crippen molar-refractivity contribution in [2.75, 3.05) is 26.9 Å². The molecule has 7 heteroatoms. The molecule has 0 saturated carbocycles. The highest BCUT2D eigenvalue weighted by atomic mass is 16.5. The van der Waals surface area contributed by atoms with Gasteiger partial charge in [0.05, 0.1) is 18.2 Å². The number of Topliss-reactive ketones (excluding diaryl/α,β-unsaturated/α-hetero) is 1. The smallest absolute Gasteiger partial charge is 0.295 e. The predicted molar refractivity (Wildman–Crippen MR) is 116 cm³/mol. The highest BCUT2D eigenvalue weighted by Crippen LogP contribution is 2.40. The summed E-state index contributed by atoms with van der Waals surface area (Å²) in [5.41, 5.74) is 1.03. The van der Waals surface area contributed by atoms with Gasteiger partial charge < -0.3 is 24.6 Å². The van der Waals surface area contributed by atoms with E-state index in [0.29, 0.717) is 43.1 Å². The third-order valence-corrected chi connectivity index (χ3v) is 5.08. The Morgan fingerprint density at radius 2 is 1.84 bits per heavy atom. The number of phenolic OH excluding ortho intramolecular Hbond substituents is 1. The van der Waals surface area contributed by atoms with E-state index in [-0.39, 0.29) is 17.1 Å². The van der Waals surface area contributed by atoms with Gasteiger partial charge in [-0.25, -0.2) is 0 Å². The number of ether oxygens (including phenoxy) is 2. The molecule has 7 nitrogen and oxygen atoms in total. The number of likely N-dealkylation sites (tertiary alicyclic amines) is 1. The van der Waals surface area contributed by atoms with E-state index in [0.717, 1.165) is 6.42 Å². The third kappa shape index (κ3) is 4.88. The maximum atomic E-state index is 12.9. The summed E-state index contributed by atoms with van der Waals surface area (Å²) < 4.78 is 10.7. The molecule has 0 aliphatic carbocycles. The molecule has 1 amide bonds. The van der Waals surface area contributed by atoms with Crippen molar-refractivity contribution >= 4 is 17.4 Å². The van der Waals surface area contributed by atoms with Gasteiger partial charge in [-0.05, 0) is 42.7 Å². The van der Waals surface area contributed by atoms with E-state index < -0.39 is 17.7 Å². The van der Waals surface area contributed by atoms with Gasteiger partial charge in [0.25, 0.3) is 11.7 Å². The number of benzene rings is 2. The first-order chi connectivity index (χ1) is 15.0. The first kappa shape index (κ1) is 22.4. The molecular formula is C24H27NO6. The molecule has 164 valence electrons. The normalized spacial score (nSPS) is 17.9. The van der Waals surface area contributed by atoms with E-state index in [9.17, 15) is 19.8 Å². The Hall–Kier alpha value is -3.32. The van der Waals surface area contributed by atoms with Gasteiger partial charge in [-0.1, -0.05) is 31.2 Å². The van der Waals surface area contributed by atoms with Crippen LogP contribution in [0.1, 0.15) is 36.9 Å². The number of phenols is 1. The van der Waals surface area contributed by atoms with Gasteiger partial charge in [-0.3, -0.25) is 9.59 Å². The van der Waals surface area contributed by atoms with Gasteiger partial charge >= 0.3 is 0 Å². The van der Waals surface area contributed by atoms with E-state index >= 15 is 0 Å². The number of aliphatic hydroxyl groups excluding tert-OH is 1. The molecule has 0 spiro atoms. The Morgan fingerprint density at radius 3 is 2.52 bits per heavy atom. The van der Waals surface area contributed by atoms with E-state index in [1.165, 1.54) is 17.0 Å². The standard InChI is InChI=1S/C24H27NO6/c1-3-13-31-19-7-4-6-17(15-19)22(27)20-21(16-8-10-18(26)11-9-16)25(12-5-14-30-2)24(29)23(20)28/h4,6-11,15,21,26-27H,3,5,12-14H2,1-2H3. The van der Waals surface area contributed by atoms with Gasteiger partial charge in [0.15, 0.2) is 0 Å². The van der Waals surface area contributed by atoms with Crippen LogP contribution in [-0.2, 0) is 14.3 Å². The SMILES string of the molecule is CCCOc1cccc(C(O)=C2C(=O)C(=O)N(CCCOC)C2c2ccc(O)cc2)c1. The number of rotatable bonds is 9. The number of nitrogens with zero attached hydrogens (tertiary/aromatic N) is 1. The van der Waals surface area contributed by atoms with E-state index in [2.05, 4.69) is 0 Å². The molecule has 0 bridgehead atoms. The minimum Gasteiger partial charge on any atom is -0.508 e. The first-order valence-electron chi connectivity index (χ1n) is 10.3. The zero-order valence-corrected chi connectivity index (χ0v) is 17.7. The molecular weight excluding hydrogens is 398 g/mol. The van der Waals surface area contributed by atoms with E-state index in [1.807, 2.05) is 6.92 Å². The molecule has 2 aromatic rings. The zero-order valence-electron chi connectivity index (χ0n) is 17.7. The van der Waals surface area contributed by atoms with Crippen molar-refractivity contribution < 1.29 is 29.3 Å². The Kier molecular flexibility index (Phi) is 7.31. The molecule has 1 atom stereocenters. The number of carbonyl (C=O) groups is 2. The number of hydrogen-bond donors (Lipinski definition) is 2. The van der Waals surface area contributed by atoms with Crippen molar-refractivity contribution in [3.8, 4) is 11.5 Å². The van der Waals surface area contributed by atoms with Gasteiger partial charge in [0.1, 0.15) is 17.3 Å².